The Labute approximate surface area is 127 Å². The average molecular weight is 293 g/mol. The first-order valence-electron chi connectivity index (χ1n) is 8.70. The van der Waals surface area contributed by atoms with Crippen molar-refractivity contribution >= 4 is 5.91 Å². The number of carbonyl (C=O) groups excluding carboxylic acids is 1. The number of amides is 1. The Morgan fingerprint density at radius 3 is 2.86 bits per heavy atom. The van der Waals surface area contributed by atoms with Gasteiger partial charge in [-0.2, -0.15) is 0 Å². The molecule has 1 N–H and O–H groups in total. The zero-order chi connectivity index (χ0) is 14.2. The second-order valence-electron chi connectivity index (χ2n) is 7.17. The van der Waals surface area contributed by atoms with Gasteiger partial charge in [-0.3, -0.25) is 9.69 Å². The standard InChI is InChI=1S/C16H27N3O2/c20-16-15(17-12-5-6-12)4-2-8-19(16)10-14-9-18-7-1-3-13(18)11-21-14/h12-15,17H,1-11H2. The number of likely N-dealkylation sites (tertiary alicyclic amines) is 1. The summed E-state index contributed by atoms with van der Waals surface area (Å²) >= 11 is 0. The van der Waals surface area contributed by atoms with E-state index in [1.807, 2.05) is 4.90 Å². The summed E-state index contributed by atoms with van der Waals surface area (Å²) in [6, 6.07) is 1.31. The summed E-state index contributed by atoms with van der Waals surface area (Å²) in [6.07, 6.45) is 7.40. The minimum absolute atomic E-state index is 0.0642. The number of nitrogens with one attached hydrogen (secondary N) is 1. The van der Waals surface area contributed by atoms with Gasteiger partial charge in [0.15, 0.2) is 0 Å². The molecule has 0 aromatic rings. The number of fused-ring (bicyclic) bond motifs is 1. The van der Waals surface area contributed by atoms with Gasteiger partial charge >= 0.3 is 0 Å². The molecule has 118 valence electrons. The maximum absolute atomic E-state index is 12.6. The maximum Gasteiger partial charge on any atom is 0.239 e. The fourth-order valence-corrected chi connectivity index (χ4v) is 4.05. The molecule has 5 heteroatoms. The van der Waals surface area contributed by atoms with Gasteiger partial charge in [0.05, 0.1) is 18.8 Å². The van der Waals surface area contributed by atoms with E-state index in [4.69, 9.17) is 4.74 Å². The van der Waals surface area contributed by atoms with E-state index in [0.717, 1.165) is 39.1 Å². The molecular weight excluding hydrogens is 266 g/mol. The number of morpholine rings is 1. The van der Waals surface area contributed by atoms with Crippen LogP contribution in [0.15, 0.2) is 0 Å². The van der Waals surface area contributed by atoms with Crippen molar-refractivity contribution in [2.45, 2.75) is 62.8 Å². The van der Waals surface area contributed by atoms with Gasteiger partial charge in [-0.1, -0.05) is 0 Å². The monoisotopic (exact) mass is 293 g/mol. The Kier molecular flexibility index (Phi) is 3.90. The van der Waals surface area contributed by atoms with Crippen molar-refractivity contribution in [3.8, 4) is 0 Å². The molecule has 1 aliphatic carbocycles. The van der Waals surface area contributed by atoms with Crippen molar-refractivity contribution in [1.82, 2.24) is 15.1 Å². The van der Waals surface area contributed by atoms with Gasteiger partial charge in [0.25, 0.3) is 0 Å². The van der Waals surface area contributed by atoms with Gasteiger partial charge in [-0.05, 0) is 45.1 Å². The van der Waals surface area contributed by atoms with Gasteiger partial charge in [0, 0.05) is 31.7 Å². The van der Waals surface area contributed by atoms with Crippen LogP contribution in [0.5, 0.6) is 0 Å². The lowest BCUT2D eigenvalue weighted by Crippen LogP contribution is -2.56. The van der Waals surface area contributed by atoms with Crippen molar-refractivity contribution in [1.29, 1.82) is 0 Å². The van der Waals surface area contributed by atoms with Gasteiger partial charge < -0.3 is 15.0 Å². The largest absolute Gasteiger partial charge is 0.373 e. The van der Waals surface area contributed by atoms with Crippen LogP contribution in [-0.4, -0.2) is 72.7 Å². The molecule has 4 rings (SSSR count). The summed E-state index contributed by atoms with van der Waals surface area (Å²) in [5.41, 5.74) is 0. The highest BCUT2D eigenvalue weighted by atomic mass is 16.5. The number of piperidine rings is 1. The Morgan fingerprint density at radius 2 is 2.00 bits per heavy atom. The molecule has 1 saturated carbocycles. The van der Waals surface area contributed by atoms with Crippen LogP contribution < -0.4 is 5.32 Å². The summed E-state index contributed by atoms with van der Waals surface area (Å²) in [5.74, 6) is 0.306. The molecule has 0 aromatic heterocycles. The third kappa shape index (κ3) is 3.10. The van der Waals surface area contributed by atoms with Gasteiger partial charge in [-0.15, -0.1) is 0 Å². The highest BCUT2D eigenvalue weighted by Crippen LogP contribution is 2.25. The van der Waals surface area contributed by atoms with Gasteiger partial charge in [0.1, 0.15) is 0 Å². The summed E-state index contributed by atoms with van der Waals surface area (Å²) in [5, 5.41) is 3.50. The lowest BCUT2D eigenvalue weighted by molar-refractivity contribution is -0.140. The van der Waals surface area contributed by atoms with Crippen LogP contribution in [0.2, 0.25) is 0 Å². The number of carbonyl (C=O) groups is 1. The molecule has 4 aliphatic rings. The second kappa shape index (κ2) is 5.86. The number of nitrogens with zero attached hydrogens (tertiary/aromatic N) is 2. The van der Waals surface area contributed by atoms with E-state index in [1.54, 1.807) is 0 Å². The van der Waals surface area contributed by atoms with Crippen molar-refractivity contribution in [2.75, 3.05) is 32.8 Å². The lowest BCUT2D eigenvalue weighted by atomic mass is 10.0. The van der Waals surface area contributed by atoms with E-state index in [1.165, 1.54) is 32.2 Å². The quantitative estimate of drug-likeness (QED) is 0.824. The van der Waals surface area contributed by atoms with E-state index in [2.05, 4.69) is 10.2 Å². The average Bonchev–Trinajstić information content (AvgIpc) is 3.18. The molecular formula is C16H27N3O2. The van der Waals surface area contributed by atoms with Crippen molar-refractivity contribution in [3.63, 3.8) is 0 Å². The van der Waals surface area contributed by atoms with Crippen LogP contribution in [0, 0.1) is 0 Å². The molecule has 0 aromatic carbocycles. The van der Waals surface area contributed by atoms with E-state index >= 15 is 0 Å². The minimum atomic E-state index is 0.0642. The van der Waals surface area contributed by atoms with Crippen LogP contribution in [0.4, 0.5) is 0 Å². The van der Waals surface area contributed by atoms with E-state index in [9.17, 15) is 4.79 Å². The summed E-state index contributed by atoms with van der Waals surface area (Å²) < 4.78 is 6.02. The summed E-state index contributed by atoms with van der Waals surface area (Å²) in [7, 11) is 0. The van der Waals surface area contributed by atoms with Gasteiger partial charge in [0.2, 0.25) is 5.91 Å². The van der Waals surface area contributed by atoms with E-state index < -0.39 is 0 Å². The fraction of sp³-hybridized carbons (Fsp3) is 0.938. The maximum atomic E-state index is 12.6. The number of hydrogen-bond acceptors (Lipinski definition) is 4. The van der Waals surface area contributed by atoms with E-state index in [0.29, 0.717) is 18.0 Å². The molecule has 0 radical (unpaired) electrons. The zero-order valence-electron chi connectivity index (χ0n) is 12.8. The fourth-order valence-electron chi connectivity index (χ4n) is 4.05. The molecule has 4 fully saturated rings. The Morgan fingerprint density at radius 1 is 1.14 bits per heavy atom. The van der Waals surface area contributed by atoms with Gasteiger partial charge in [-0.25, -0.2) is 0 Å². The number of rotatable bonds is 4. The number of hydrogen-bond donors (Lipinski definition) is 1. The predicted octanol–water partition coefficient (Wildman–Crippen LogP) is 0.593. The van der Waals surface area contributed by atoms with Crippen LogP contribution in [-0.2, 0) is 9.53 Å². The van der Waals surface area contributed by atoms with Crippen molar-refractivity contribution < 1.29 is 9.53 Å². The Hall–Kier alpha value is -0.650. The molecule has 3 saturated heterocycles. The normalized spacial score (nSPS) is 37.8. The van der Waals surface area contributed by atoms with Crippen LogP contribution in [0.1, 0.15) is 38.5 Å². The Bertz CT molecular complexity index is 399. The molecule has 3 atom stereocenters. The molecule has 21 heavy (non-hydrogen) atoms. The number of ether oxygens (including phenoxy) is 1. The highest BCUT2D eigenvalue weighted by Gasteiger charge is 2.37. The molecule has 0 bridgehead atoms. The molecule has 5 nitrogen and oxygen atoms in total. The third-order valence-corrected chi connectivity index (χ3v) is 5.43. The first-order valence-corrected chi connectivity index (χ1v) is 8.70. The molecule has 3 heterocycles. The Balaban J connectivity index is 1.31. The highest BCUT2D eigenvalue weighted by molar-refractivity contribution is 5.82. The predicted molar refractivity (Wildman–Crippen MR) is 80.1 cm³/mol. The van der Waals surface area contributed by atoms with Crippen LogP contribution in [0.25, 0.3) is 0 Å². The first kappa shape index (κ1) is 14.0. The summed E-state index contributed by atoms with van der Waals surface area (Å²) in [6.45, 7) is 4.77. The summed E-state index contributed by atoms with van der Waals surface area (Å²) in [4.78, 5) is 17.2. The molecule has 3 unspecified atom stereocenters. The lowest BCUT2D eigenvalue weighted by Gasteiger charge is -2.39. The van der Waals surface area contributed by atoms with Crippen LogP contribution >= 0.6 is 0 Å². The smallest absolute Gasteiger partial charge is 0.239 e. The van der Waals surface area contributed by atoms with E-state index in [-0.39, 0.29) is 12.1 Å². The second-order valence-corrected chi connectivity index (χ2v) is 7.17. The van der Waals surface area contributed by atoms with Crippen molar-refractivity contribution in [2.24, 2.45) is 0 Å². The topological polar surface area (TPSA) is 44.8 Å². The SMILES string of the molecule is O=C1C(NC2CC2)CCCN1CC1CN2CCCC2CO1. The molecule has 1 amide bonds. The van der Waals surface area contributed by atoms with Crippen LogP contribution in [0.3, 0.4) is 0 Å². The first-order chi connectivity index (χ1) is 10.3. The molecule has 0 spiro atoms. The minimum Gasteiger partial charge on any atom is -0.373 e. The third-order valence-electron chi connectivity index (χ3n) is 5.43. The zero-order valence-corrected chi connectivity index (χ0v) is 12.8. The van der Waals surface area contributed by atoms with Crippen molar-refractivity contribution in [3.05, 3.63) is 0 Å². The molecule has 3 aliphatic heterocycles.